The summed E-state index contributed by atoms with van der Waals surface area (Å²) in [6, 6.07) is 4.95. The minimum absolute atomic E-state index is 0.191. The van der Waals surface area contributed by atoms with E-state index in [1.165, 1.54) is 17.0 Å². The van der Waals surface area contributed by atoms with E-state index in [9.17, 15) is 4.39 Å². The van der Waals surface area contributed by atoms with Gasteiger partial charge in [0.2, 0.25) is 0 Å². The lowest BCUT2D eigenvalue weighted by Crippen LogP contribution is -2.06. The lowest BCUT2D eigenvalue weighted by Gasteiger charge is -2.15. The minimum atomic E-state index is -0.200. The number of thiazole rings is 1. The highest BCUT2D eigenvalue weighted by atomic mass is 32.1. The van der Waals surface area contributed by atoms with Gasteiger partial charge in [-0.1, -0.05) is 0 Å². The number of aromatic nitrogens is 1. The first-order valence-corrected chi connectivity index (χ1v) is 5.96. The van der Waals surface area contributed by atoms with Crippen LogP contribution >= 0.6 is 11.3 Å². The standard InChI is InChI=1S/C12H13FN2S/c1-8-5-10(13)3-4-11(8)15-9(2)12-6-14-7-16-12/h3-7,9,15H,1-2H3. The fourth-order valence-electron chi connectivity index (χ4n) is 1.53. The summed E-state index contributed by atoms with van der Waals surface area (Å²) in [5.74, 6) is -0.200. The second-order valence-electron chi connectivity index (χ2n) is 3.73. The molecule has 1 atom stereocenters. The molecular formula is C12H13FN2S. The fourth-order valence-corrected chi connectivity index (χ4v) is 2.16. The molecule has 84 valence electrons. The second kappa shape index (κ2) is 4.61. The van der Waals surface area contributed by atoms with Crippen LogP contribution in [0.25, 0.3) is 0 Å². The molecule has 0 aliphatic carbocycles. The Morgan fingerprint density at radius 3 is 2.88 bits per heavy atom. The number of hydrogen-bond donors (Lipinski definition) is 1. The van der Waals surface area contributed by atoms with Crippen LogP contribution in [0.15, 0.2) is 29.9 Å². The van der Waals surface area contributed by atoms with E-state index in [0.717, 1.165) is 11.3 Å². The molecule has 2 aromatic rings. The van der Waals surface area contributed by atoms with Gasteiger partial charge in [0.15, 0.2) is 0 Å². The van der Waals surface area contributed by atoms with Gasteiger partial charge in [-0.05, 0) is 37.6 Å². The largest absolute Gasteiger partial charge is 0.377 e. The highest BCUT2D eigenvalue weighted by molar-refractivity contribution is 7.09. The Morgan fingerprint density at radius 1 is 1.44 bits per heavy atom. The van der Waals surface area contributed by atoms with E-state index in [2.05, 4.69) is 17.2 Å². The van der Waals surface area contributed by atoms with Crippen LogP contribution in [-0.4, -0.2) is 4.98 Å². The molecule has 0 spiro atoms. The van der Waals surface area contributed by atoms with Crippen LogP contribution in [0.3, 0.4) is 0 Å². The van der Waals surface area contributed by atoms with E-state index < -0.39 is 0 Å². The molecule has 2 nitrogen and oxygen atoms in total. The van der Waals surface area contributed by atoms with E-state index in [4.69, 9.17) is 0 Å². The predicted octanol–water partition coefficient (Wildman–Crippen LogP) is 3.76. The van der Waals surface area contributed by atoms with Crippen LogP contribution < -0.4 is 5.32 Å². The number of benzene rings is 1. The van der Waals surface area contributed by atoms with Crippen LogP contribution in [0.4, 0.5) is 10.1 Å². The molecular weight excluding hydrogens is 223 g/mol. The van der Waals surface area contributed by atoms with Crippen molar-refractivity contribution in [3.8, 4) is 0 Å². The zero-order valence-electron chi connectivity index (χ0n) is 9.20. The first-order valence-electron chi connectivity index (χ1n) is 5.08. The summed E-state index contributed by atoms with van der Waals surface area (Å²) in [6.45, 7) is 3.96. The molecule has 0 radical (unpaired) electrons. The van der Waals surface area contributed by atoms with Gasteiger partial charge in [-0.15, -0.1) is 11.3 Å². The van der Waals surface area contributed by atoms with E-state index >= 15 is 0 Å². The van der Waals surface area contributed by atoms with Crippen molar-refractivity contribution < 1.29 is 4.39 Å². The molecule has 16 heavy (non-hydrogen) atoms. The highest BCUT2D eigenvalue weighted by Crippen LogP contribution is 2.24. The van der Waals surface area contributed by atoms with E-state index in [-0.39, 0.29) is 11.9 Å². The number of rotatable bonds is 3. The molecule has 0 aliphatic rings. The first-order chi connectivity index (χ1) is 7.66. The molecule has 1 N–H and O–H groups in total. The van der Waals surface area contributed by atoms with Crippen molar-refractivity contribution in [2.75, 3.05) is 5.32 Å². The van der Waals surface area contributed by atoms with E-state index in [1.54, 1.807) is 17.4 Å². The van der Waals surface area contributed by atoms with Gasteiger partial charge >= 0.3 is 0 Å². The van der Waals surface area contributed by atoms with E-state index in [1.807, 2.05) is 18.6 Å². The maximum Gasteiger partial charge on any atom is 0.123 e. The third-order valence-electron chi connectivity index (χ3n) is 2.44. The van der Waals surface area contributed by atoms with Gasteiger partial charge in [0, 0.05) is 16.8 Å². The summed E-state index contributed by atoms with van der Waals surface area (Å²) in [5.41, 5.74) is 3.68. The smallest absolute Gasteiger partial charge is 0.123 e. The van der Waals surface area contributed by atoms with Gasteiger partial charge in [-0.2, -0.15) is 0 Å². The number of aryl methyl sites for hydroxylation is 1. The summed E-state index contributed by atoms with van der Waals surface area (Å²) in [4.78, 5) is 5.21. The van der Waals surface area contributed by atoms with Crippen molar-refractivity contribution in [1.29, 1.82) is 0 Å². The van der Waals surface area contributed by atoms with Crippen molar-refractivity contribution in [1.82, 2.24) is 4.98 Å². The normalized spacial score (nSPS) is 12.4. The number of nitrogens with one attached hydrogen (secondary N) is 1. The monoisotopic (exact) mass is 236 g/mol. The molecule has 4 heteroatoms. The maximum absolute atomic E-state index is 12.9. The zero-order chi connectivity index (χ0) is 11.5. The predicted molar refractivity (Wildman–Crippen MR) is 65.3 cm³/mol. The number of halogens is 1. The lowest BCUT2D eigenvalue weighted by molar-refractivity contribution is 0.626. The Hall–Kier alpha value is -1.42. The Kier molecular flexibility index (Phi) is 3.19. The van der Waals surface area contributed by atoms with Crippen LogP contribution in [0.2, 0.25) is 0 Å². The summed E-state index contributed by atoms with van der Waals surface area (Å²) < 4.78 is 12.9. The van der Waals surface area contributed by atoms with Gasteiger partial charge in [-0.25, -0.2) is 4.39 Å². The molecule has 0 saturated heterocycles. The Morgan fingerprint density at radius 2 is 2.25 bits per heavy atom. The van der Waals surface area contributed by atoms with Crippen LogP contribution in [0, 0.1) is 12.7 Å². The Balaban J connectivity index is 2.15. The van der Waals surface area contributed by atoms with Gasteiger partial charge in [0.05, 0.1) is 11.6 Å². The number of anilines is 1. The van der Waals surface area contributed by atoms with E-state index in [0.29, 0.717) is 0 Å². The van der Waals surface area contributed by atoms with Crippen molar-refractivity contribution in [3.05, 3.63) is 46.2 Å². The summed E-state index contributed by atoms with van der Waals surface area (Å²) in [7, 11) is 0. The number of nitrogens with zero attached hydrogens (tertiary/aromatic N) is 1. The third-order valence-corrected chi connectivity index (χ3v) is 3.40. The maximum atomic E-state index is 12.9. The van der Waals surface area contributed by atoms with Crippen molar-refractivity contribution in [2.24, 2.45) is 0 Å². The summed E-state index contributed by atoms with van der Waals surface area (Å²) >= 11 is 1.61. The molecule has 0 bridgehead atoms. The highest BCUT2D eigenvalue weighted by Gasteiger charge is 2.08. The molecule has 0 amide bonds. The Labute approximate surface area is 98.2 Å². The topological polar surface area (TPSA) is 24.9 Å². The molecule has 1 unspecified atom stereocenters. The summed E-state index contributed by atoms with van der Waals surface area (Å²) in [5, 5.41) is 3.34. The quantitative estimate of drug-likeness (QED) is 0.877. The molecule has 2 rings (SSSR count). The molecule has 0 saturated carbocycles. The van der Waals surface area contributed by atoms with Gasteiger partial charge in [-0.3, -0.25) is 4.98 Å². The van der Waals surface area contributed by atoms with Crippen LogP contribution in [0.1, 0.15) is 23.4 Å². The average molecular weight is 236 g/mol. The minimum Gasteiger partial charge on any atom is -0.377 e. The molecule has 1 aromatic heterocycles. The van der Waals surface area contributed by atoms with Crippen molar-refractivity contribution in [2.45, 2.75) is 19.9 Å². The molecule has 1 aromatic carbocycles. The lowest BCUT2D eigenvalue weighted by atomic mass is 10.1. The fraction of sp³-hybridized carbons (Fsp3) is 0.250. The molecule has 0 aliphatic heterocycles. The Bertz CT molecular complexity index is 468. The van der Waals surface area contributed by atoms with Gasteiger partial charge in [0.25, 0.3) is 0 Å². The van der Waals surface area contributed by atoms with Crippen molar-refractivity contribution >= 4 is 17.0 Å². The van der Waals surface area contributed by atoms with Crippen LogP contribution in [0.5, 0.6) is 0 Å². The first kappa shape index (κ1) is 11.1. The van der Waals surface area contributed by atoms with Crippen molar-refractivity contribution in [3.63, 3.8) is 0 Å². The third kappa shape index (κ3) is 2.39. The SMILES string of the molecule is Cc1cc(F)ccc1NC(C)c1cncs1. The zero-order valence-corrected chi connectivity index (χ0v) is 10.0. The summed E-state index contributed by atoms with van der Waals surface area (Å²) in [6.07, 6.45) is 1.85. The molecule has 1 heterocycles. The van der Waals surface area contributed by atoms with Crippen LogP contribution in [-0.2, 0) is 0 Å². The molecule has 0 fully saturated rings. The van der Waals surface area contributed by atoms with Gasteiger partial charge < -0.3 is 5.32 Å². The van der Waals surface area contributed by atoms with Gasteiger partial charge in [0.1, 0.15) is 5.82 Å². The second-order valence-corrected chi connectivity index (χ2v) is 4.65. The average Bonchev–Trinajstić information content (AvgIpc) is 2.75. The number of hydrogen-bond acceptors (Lipinski definition) is 3.